The van der Waals surface area contributed by atoms with Gasteiger partial charge in [0.15, 0.2) is 0 Å². The quantitative estimate of drug-likeness (QED) is 0.793. The van der Waals surface area contributed by atoms with Crippen molar-refractivity contribution in [2.75, 3.05) is 26.3 Å². The van der Waals surface area contributed by atoms with Gasteiger partial charge in [-0.3, -0.25) is 0 Å². The van der Waals surface area contributed by atoms with Crippen LogP contribution in [0.2, 0.25) is 0 Å². The van der Waals surface area contributed by atoms with Crippen molar-refractivity contribution in [1.82, 2.24) is 4.90 Å². The van der Waals surface area contributed by atoms with Gasteiger partial charge in [-0.15, -0.1) is 0 Å². The summed E-state index contributed by atoms with van der Waals surface area (Å²) in [5, 5.41) is 0. The van der Waals surface area contributed by atoms with Crippen LogP contribution in [0.25, 0.3) is 5.47 Å². The number of hydrogen-bond acceptors (Lipinski definition) is 2. The number of morpholine rings is 1. The van der Waals surface area contributed by atoms with E-state index in [0.717, 1.165) is 32.8 Å². The normalized spacial score (nSPS) is 23.2. The second kappa shape index (κ2) is 6.37. The number of allylic oxidation sites excluding steroid dienone is 1. The van der Waals surface area contributed by atoms with E-state index in [2.05, 4.69) is 75.8 Å². The summed E-state index contributed by atoms with van der Waals surface area (Å²) < 4.78 is 5.42. The third-order valence-electron chi connectivity index (χ3n) is 5.65. The standard InChI is InChI=1S/C20H28BNO/c1-19(2)13-18(21-15-20(19,3)4)17-7-5-16(6-8-17)14-22-9-11-23-12-10-22/h5-8,13,15H,9-12,14H2,1-4H3. The Morgan fingerprint density at radius 2 is 1.65 bits per heavy atom. The Labute approximate surface area is 141 Å². The minimum absolute atomic E-state index is 0.170. The fourth-order valence-electron chi connectivity index (χ4n) is 3.14. The predicted octanol–water partition coefficient (Wildman–Crippen LogP) is 3.43. The Hall–Kier alpha value is -1.19. The SMILES string of the molecule is CC1(C)C=BC(c2ccc(CN3CCOCC3)cc2)=CC1(C)C. The first-order valence-corrected chi connectivity index (χ1v) is 8.69. The van der Waals surface area contributed by atoms with Gasteiger partial charge in [-0.25, -0.2) is 0 Å². The molecular weight excluding hydrogens is 281 g/mol. The molecule has 0 aliphatic carbocycles. The van der Waals surface area contributed by atoms with E-state index < -0.39 is 0 Å². The molecule has 1 aromatic rings. The van der Waals surface area contributed by atoms with Crippen LogP contribution in [-0.2, 0) is 11.3 Å². The first-order chi connectivity index (χ1) is 10.9. The molecule has 0 radical (unpaired) electrons. The summed E-state index contributed by atoms with van der Waals surface area (Å²) in [5.74, 6) is 2.35. The van der Waals surface area contributed by atoms with Crippen molar-refractivity contribution in [2.24, 2.45) is 10.8 Å². The molecule has 0 N–H and O–H groups in total. The Morgan fingerprint density at radius 3 is 2.26 bits per heavy atom. The first kappa shape index (κ1) is 16.7. The van der Waals surface area contributed by atoms with E-state index in [0.29, 0.717) is 0 Å². The summed E-state index contributed by atoms with van der Waals surface area (Å²) >= 11 is 0. The van der Waals surface area contributed by atoms with E-state index in [1.165, 1.54) is 16.6 Å². The third-order valence-corrected chi connectivity index (χ3v) is 5.65. The van der Waals surface area contributed by atoms with Crippen LogP contribution in [0.5, 0.6) is 0 Å². The molecule has 1 fully saturated rings. The van der Waals surface area contributed by atoms with Gasteiger partial charge in [0, 0.05) is 0 Å². The Morgan fingerprint density at radius 1 is 1.00 bits per heavy atom. The van der Waals surface area contributed by atoms with Crippen molar-refractivity contribution in [3.05, 3.63) is 41.5 Å². The molecule has 0 amide bonds. The molecular formula is C20H28BNO. The van der Waals surface area contributed by atoms with Crippen LogP contribution in [-0.4, -0.2) is 44.1 Å². The second-order valence-electron chi connectivity index (χ2n) is 7.96. The van der Waals surface area contributed by atoms with Crippen LogP contribution in [0.3, 0.4) is 0 Å². The molecule has 0 saturated carbocycles. The van der Waals surface area contributed by atoms with Crippen LogP contribution < -0.4 is 0 Å². The van der Waals surface area contributed by atoms with E-state index in [1.54, 1.807) is 0 Å². The van der Waals surface area contributed by atoms with Crippen LogP contribution in [0.4, 0.5) is 0 Å². The Kier molecular flexibility index (Phi) is 4.62. The molecule has 3 rings (SSSR count). The number of benzene rings is 1. The minimum atomic E-state index is 0.170. The summed E-state index contributed by atoms with van der Waals surface area (Å²) in [5.41, 5.74) is 4.41. The van der Waals surface area contributed by atoms with E-state index >= 15 is 0 Å². The molecule has 23 heavy (non-hydrogen) atoms. The summed E-state index contributed by atoms with van der Waals surface area (Å²) in [7, 11) is 0. The van der Waals surface area contributed by atoms with E-state index in [-0.39, 0.29) is 10.8 Å². The molecule has 1 saturated heterocycles. The molecule has 1 aromatic carbocycles. The van der Waals surface area contributed by atoms with Gasteiger partial charge in [-0.2, -0.15) is 0 Å². The van der Waals surface area contributed by atoms with Crippen LogP contribution in [0.15, 0.2) is 30.3 Å². The first-order valence-electron chi connectivity index (χ1n) is 8.69. The molecule has 2 aliphatic heterocycles. The van der Waals surface area contributed by atoms with Crippen LogP contribution >= 0.6 is 0 Å². The van der Waals surface area contributed by atoms with Gasteiger partial charge < -0.3 is 0 Å². The number of rotatable bonds is 3. The zero-order valence-electron chi connectivity index (χ0n) is 14.9. The van der Waals surface area contributed by atoms with Gasteiger partial charge in [0.05, 0.1) is 0 Å². The Balaban J connectivity index is 1.72. The summed E-state index contributed by atoms with van der Waals surface area (Å²) in [6.07, 6.45) is 2.42. The van der Waals surface area contributed by atoms with Crippen molar-refractivity contribution < 1.29 is 4.74 Å². The molecule has 2 nitrogen and oxygen atoms in total. The average Bonchev–Trinajstić information content (AvgIpc) is 2.52. The number of nitrogens with zero attached hydrogens (tertiary/aromatic N) is 1. The molecule has 0 spiro atoms. The van der Waals surface area contributed by atoms with Gasteiger partial charge in [-0.05, 0) is 0 Å². The van der Waals surface area contributed by atoms with Crippen molar-refractivity contribution in [1.29, 1.82) is 0 Å². The molecule has 122 valence electrons. The van der Waals surface area contributed by atoms with Crippen molar-refractivity contribution in [3.63, 3.8) is 0 Å². The number of ether oxygens (including phenoxy) is 1. The fraction of sp³-hybridized carbons (Fsp3) is 0.550. The molecule has 2 heterocycles. The van der Waals surface area contributed by atoms with Gasteiger partial charge in [0.1, 0.15) is 0 Å². The maximum absolute atomic E-state index is 5.42. The zero-order chi connectivity index (χ0) is 16.5. The molecule has 3 heteroatoms. The molecule has 0 unspecified atom stereocenters. The molecule has 2 aliphatic rings. The van der Waals surface area contributed by atoms with Gasteiger partial charge in [-0.1, -0.05) is 0 Å². The summed E-state index contributed by atoms with van der Waals surface area (Å²) in [4.78, 5) is 2.46. The van der Waals surface area contributed by atoms with Crippen molar-refractivity contribution >= 4 is 18.4 Å². The fourth-order valence-corrected chi connectivity index (χ4v) is 3.14. The molecule has 0 atom stereocenters. The third kappa shape index (κ3) is 3.67. The predicted molar refractivity (Wildman–Crippen MR) is 99.9 cm³/mol. The summed E-state index contributed by atoms with van der Waals surface area (Å²) in [6.45, 7) is 16.4. The molecule has 0 aromatic heterocycles. The number of hydrogen-bond donors (Lipinski definition) is 0. The zero-order valence-corrected chi connectivity index (χ0v) is 14.9. The van der Waals surface area contributed by atoms with Crippen molar-refractivity contribution in [3.8, 4) is 0 Å². The van der Waals surface area contributed by atoms with Gasteiger partial charge >= 0.3 is 141 Å². The average molecular weight is 309 g/mol. The van der Waals surface area contributed by atoms with Gasteiger partial charge in [0.25, 0.3) is 0 Å². The second-order valence-corrected chi connectivity index (χ2v) is 7.96. The monoisotopic (exact) mass is 309 g/mol. The van der Waals surface area contributed by atoms with Gasteiger partial charge in [0.2, 0.25) is 0 Å². The topological polar surface area (TPSA) is 12.5 Å². The Bertz CT molecular complexity index is 607. The van der Waals surface area contributed by atoms with Crippen molar-refractivity contribution in [2.45, 2.75) is 34.2 Å². The van der Waals surface area contributed by atoms with Crippen LogP contribution in [0, 0.1) is 10.8 Å². The van der Waals surface area contributed by atoms with E-state index in [4.69, 9.17) is 4.74 Å². The van der Waals surface area contributed by atoms with Crippen LogP contribution in [0.1, 0.15) is 38.8 Å². The van der Waals surface area contributed by atoms with E-state index in [9.17, 15) is 0 Å². The molecule has 0 bridgehead atoms. The maximum atomic E-state index is 5.42. The van der Waals surface area contributed by atoms with E-state index in [1.807, 2.05) is 0 Å². The summed E-state index contributed by atoms with van der Waals surface area (Å²) in [6, 6.07) is 9.07.